The fourth-order valence-electron chi connectivity index (χ4n) is 3.17. The molecule has 0 spiro atoms. The maximum absolute atomic E-state index is 12.5. The molecule has 116 valence electrons. The van der Waals surface area contributed by atoms with Gasteiger partial charge in [-0.25, -0.2) is 0 Å². The van der Waals surface area contributed by atoms with Crippen molar-refractivity contribution < 1.29 is 14.7 Å². The first-order chi connectivity index (χ1) is 9.55. The first-order valence-corrected chi connectivity index (χ1v) is 8.07. The van der Waals surface area contributed by atoms with Crippen LogP contribution in [0.3, 0.4) is 0 Å². The van der Waals surface area contributed by atoms with E-state index in [-0.39, 0.29) is 12.3 Å². The number of carbonyl (C=O) groups is 2. The number of carbonyl (C=O) groups excluding carboxylic acids is 1. The van der Waals surface area contributed by atoms with E-state index < -0.39 is 11.4 Å². The molecule has 0 aromatic carbocycles. The molecule has 1 rings (SSSR count). The van der Waals surface area contributed by atoms with Crippen molar-refractivity contribution in [3.8, 4) is 0 Å². The number of amides is 1. The van der Waals surface area contributed by atoms with Crippen LogP contribution in [0, 0.1) is 5.41 Å². The van der Waals surface area contributed by atoms with Gasteiger partial charge in [0.1, 0.15) is 0 Å². The summed E-state index contributed by atoms with van der Waals surface area (Å²) in [6.45, 7) is 5.58. The van der Waals surface area contributed by atoms with E-state index in [1.807, 2.05) is 4.90 Å². The van der Waals surface area contributed by atoms with Crippen LogP contribution in [0.4, 0.5) is 0 Å². The third-order valence-corrected chi connectivity index (χ3v) is 4.34. The average Bonchev–Trinajstić information content (AvgIpc) is 2.65. The Balaban J connectivity index is 2.77. The normalized spacial score (nSPS) is 18.3. The Kier molecular flexibility index (Phi) is 7.03. The van der Waals surface area contributed by atoms with E-state index in [0.29, 0.717) is 12.8 Å². The molecule has 0 unspecified atom stereocenters. The van der Waals surface area contributed by atoms with Crippen LogP contribution in [0.15, 0.2) is 0 Å². The fraction of sp³-hybridized carbons (Fsp3) is 0.875. The maximum atomic E-state index is 12.5. The molecule has 0 saturated heterocycles. The number of hydrogen-bond donors (Lipinski definition) is 1. The van der Waals surface area contributed by atoms with Crippen molar-refractivity contribution >= 4 is 11.9 Å². The van der Waals surface area contributed by atoms with E-state index in [4.69, 9.17) is 0 Å². The van der Waals surface area contributed by atoms with Gasteiger partial charge in [-0.15, -0.1) is 0 Å². The number of nitrogens with zero attached hydrogens (tertiary/aromatic N) is 1. The maximum Gasteiger partial charge on any atom is 0.310 e. The number of aliphatic carboxylic acids is 1. The van der Waals surface area contributed by atoms with Gasteiger partial charge < -0.3 is 10.0 Å². The predicted molar refractivity (Wildman–Crippen MR) is 79.5 cm³/mol. The van der Waals surface area contributed by atoms with E-state index >= 15 is 0 Å². The summed E-state index contributed by atoms with van der Waals surface area (Å²) in [4.78, 5) is 26.1. The zero-order chi connectivity index (χ0) is 15.0. The van der Waals surface area contributed by atoms with Gasteiger partial charge in [-0.3, -0.25) is 9.59 Å². The van der Waals surface area contributed by atoms with Crippen LogP contribution in [0.2, 0.25) is 0 Å². The highest BCUT2D eigenvalue weighted by Gasteiger charge is 2.41. The van der Waals surface area contributed by atoms with Crippen LogP contribution in [-0.2, 0) is 9.59 Å². The van der Waals surface area contributed by atoms with Crippen LogP contribution in [0.5, 0.6) is 0 Å². The van der Waals surface area contributed by atoms with Crippen molar-refractivity contribution in [3.05, 3.63) is 0 Å². The minimum absolute atomic E-state index is 0.0259. The molecule has 0 aromatic rings. The molecule has 0 aromatic heterocycles. The Hall–Kier alpha value is -1.06. The van der Waals surface area contributed by atoms with Crippen molar-refractivity contribution in [2.24, 2.45) is 5.41 Å². The zero-order valence-corrected chi connectivity index (χ0v) is 13.0. The van der Waals surface area contributed by atoms with E-state index in [9.17, 15) is 14.7 Å². The Morgan fingerprint density at radius 1 is 1.00 bits per heavy atom. The highest BCUT2D eigenvalue weighted by molar-refractivity contribution is 5.85. The lowest BCUT2D eigenvalue weighted by molar-refractivity contribution is -0.154. The minimum Gasteiger partial charge on any atom is -0.481 e. The van der Waals surface area contributed by atoms with Gasteiger partial charge in [0.15, 0.2) is 0 Å². The molecule has 1 aliphatic carbocycles. The third-order valence-electron chi connectivity index (χ3n) is 4.34. The zero-order valence-electron chi connectivity index (χ0n) is 13.0. The summed E-state index contributed by atoms with van der Waals surface area (Å²) >= 11 is 0. The van der Waals surface area contributed by atoms with Gasteiger partial charge in [0.05, 0.1) is 5.41 Å². The van der Waals surface area contributed by atoms with Gasteiger partial charge in [0, 0.05) is 19.5 Å². The predicted octanol–water partition coefficient (Wildman–Crippen LogP) is 3.45. The Bertz CT molecular complexity index is 314. The molecule has 1 N–H and O–H groups in total. The molecular weight excluding hydrogens is 254 g/mol. The topological polar surface area (TPSA) is 57.6 Å². The van der Waals surface area contributed by atoms with Crippen molar-refractivity contribution in [1.82, 2.24) is 4.90 Å². The van der Waals surface area contributed by atoms with Crippen LogP contribution < -0.4 is 0 Å². The molecule has 4 nitrogen and oxygen atoms in total. The molecule has 1 aliphatic rings. The second-order valence-electron chi connectivity index (χ2n) is 6.06. The number of hydrogen-bond acceptors (Lipinski definition) is 2. The van der Waals surface area contributed by atoms with Gasteiger partial charge in [-0.1, -0.05) is 39.5 Å². The molecule has 1 amide bonds. The lowest BCUT2D eigenvalue weighted by atomic mass is 9.77. The van der Waals surface area contributed by atoms with E-state index in [2.05, 4.69) is 13.8 Å². The monoisotopic (exact) mass is 283 g/mol. The second kappa shape index (κ2) is 8.28. The van der Waals surface area contributed by atoms with Gasteiger partial charge in [-0.05, 0) is 25.7 Å². The summed E-state index contributed by atoms with van der Waals surface area (Å²) in [6.07, 6.45) is 7.39. The van der Waals surface area contributed by atoms with E-state index in [1.165, 1.54) is 0 Å². The largest absolute Gasteiger partial charge is 0.481 e. The van der Waals surface area contributed by atoms with Crippen molar-refractivity contribution in [1.29, 1.82) is 0 Å². The molecule has 0 atom stereocenters. The molecule has 0 heterocycles. The lowest BCUT2D eigenvalue weighted by Crippen LogP contribution is -2.40. The quantitative estimate of drug-likeness (QED) is 0.728. The van der Waals surface area contributed by atoms with E-state index in [0.717, 1.165) is 51.6 Å². The fourth-order valence-corrected chi connectivity index (χ4v) is 3.17. The van der Waals surface area contributed by atoms with Crippen LogP contribution >= 0.6 is 0 Å². The molecule has 0 bridgehead atoms. The smallest absolute Gasteiger partial charge is 0.310 e. The summed E-state index contributed by atoms with van der Waals surface area (Å²) < 4.78 is 0. The Morgan fingerprint density at radius 2 is 1.50 bits per heavy atom. The SMILES string of the molecule is CCCN(CCC)C(=O)CC1(C(=O)O)CCCCCC1. The van der Waals surface area contributed by atoms with Gasteiger partial charge in [0.2, 0.25) is 5.91 Å². The summed E-state index contributed by atoms with van der Waals surface area (Å²) in [5.74, 6) is -0.751. The second-order valence-corrected chi connectivity index (χ2v) is 6.06. The van der Waals surface area contributed by atoms with Crippen molar-refractivity contribution in [2.45, 2.75) is 71.6 Å². The van der Waals surface area contributed by atoms with Gasteiger partial charge >= 0.3 is 5.97 Å². The molecule has 1 saturated carbocycles. The Morgan fingerprint density at radius 3 is 1.90 bits per heavy atom. The summed E-state index contributed by atoms with van der Waals surface area (Å²) in [5, 5.41) is 9.63. The highest BCUT2D eigenvalue weighted by atomic mass is 16.4. The van der Waals surface area contributed by atoms with Gasteiger partial charge in [-0.2, -0.15) is 0 Å². The summed E-state index contributed by atoms with van der Waals surface area (Å²) in [5.41, 5.74) is -0.812. The third kappa shape index (κ3) is 4.50. The molecule has 4 heteroatoms. The first kappa shape index (κ1) is 17.0. The van der Waals surface area contributed by atoms with Crippen LogP contribution in [-0.4, -0.2) is 35.0 Å². The standard InChI is InChI=1S/C16H29NO3/c1-3-11-17(12-4-2)14(18)13-16(15(19)20)9-7-5-6-8-10-16/h3-13H2,1-2H3,(H,19,20). The van der Waals surface area contributed by atoms with Crippen molar-refractivity contribution in [2.75, 3.05) is 13.1 Å². The summed E-state index contributed by atoms with van der Waals surface area (Å²) in [7, 11) is 0. The molecular formula is C16H29NO3. The number of carboxylic acids is 1. The van der Waals surface area contributed by atoms with Crippen molar-refractivity contribution in [3.63, 3.8) is 0 Å². The number of carboxylic acid groups (broad SMARTS) is 1. The highest BCUT2D eigenvalue weighted by Crippen LogP contribution is 2.39. The molecule has 0 aliphatic heterocycles. The molecule has 1 fully saturated rings. The minimum atomic E-state index is -0.812. The Labute approximate surface area is 122 Å². The number of rotatable bonds is 7. The first-order valence-electron chi connectivity index (χ1n) is 8.07. The molecule has 20 heavy (non-hydrogen) atoms. The van der Waals surface area contributed by atoms with E-state index in [1.54, 1.807) is 0 Å². The summed E-state index contributed by atoms with van der Waals surface area (Å²) in [6, 6.07) is 0. The van der Waals surface area contributed by atoms with Gasteiger partial charge in [0.25, 0.3) is 0 Å². The lowest BCUT2D eigenvalue weighted by Gasteiger charge is -2.31. The average molecular weight is 283 g/mol. The van der Waals surface area contributed by atoms with Crippen LogP contribution in [0.1, 0.15) is 71.6 Å². The van der Waals surface area contributed by atoms with Crippen LogP contribution in [0.25, 0.3) is 0 Å². The molecule has 0 radical (unpaired) electrons.